The van der Waals surface area contributed by atoms with Gasteiger partial charge in [0.2, 0.25) is 0 Å². The van der Waals surface area contributed by atoms with Crippen molar-refractivity contribution in [2.45, 2.75) is 43.1 Å². The topological polar surface area (TPSA) is 71.1 Å². The van der Waals surface area contributed by atoms with E-state index in [9.17, 15) is 9.13 Å². The number of hydrogen-bond donors (Lipinski definition) is 0. The molecule has 0 spiro atoms. The van der Waals surface area contributed by atoms with E-state index in [4.69, 9.17) is 18.1 Å². The van der Waals surface area contributed by atoms with Gasteiger partial charge < -0.3 is 18.1 Å². The van der Waals surface area contributed by atoms with Crippen LogP contribution in [0.4, 0.5) is 0 Å². The summed E-state index contributed by atoms with van der Waals surface area (Å²) in [4.78, 5) is 0.776. The van der Waals surface area contributed by atoms with Gasteiger partial charge in [0.25, 0.3) is 3.56 Å². The van der Waals surface area contributed by atoms with E-state index in [1.165, 1.54) is 23.5 Å². The van der Waals surface area contributed by atoms with Crippen LogP contribution in [-0.2, 0) is 27.2 Å². The molecule has 10 heteroatoms. The highest BCUT2D eigenvalue weighted by molar-refractivity contribution is 8.32. The van der Waals surface area contributed by atoms with Crippen LogP contribution in [0.5, 0.6) is 0 Å². The van der Waals surface area contributed by atoms with Gasteiger partial charge in [0, 0.05) is 4.90 Å². The van der Waals surface area contributed by atoms with Gasteiger partial charge in [-0.05, 0) is 45.6 Å². The molecule has 0 radical (unpaired) electrons. The van der Waals surface area contributed by atoms with Crippen LogP contribution in [0.1, 0.15) is 34.6 Å². The molecule has 0 aliphatic carbocycles. The zero-order valence-electron chi connectivity index (χ0n) is 16.6. The first kappa shape index (κ1) is 25.3. The van der Waals surface area contributed by atoms with Crippen molar-refractivity contribution >= 4 is 38.7 Å². The van der Waals surface area contributed by atoms with Crippen molar-refractivity contribution in [3.63, 3.8) is 0 Å². The molecule has 1 rings (SSSR count). The SMILES string of the molecule is CCOP(=O)(OCC)C(SCC)(Sc1ccccc1)P(=O)(OCC)OCC. The Bertz CT molecular complexity index is 594. The predicted molar refractivity (Wildman–Crippen MR) is 115 cm³/mol. The van der Waals surface area contributed by atoms with Crippen LogP contribution in [0.15, 0.2) is 35.2 Å². The van der Waals surface area contributed by atoms with Crippen LogP contribution in [-0.4, -0.2) is 35.7 Å². The van der Waals surface area contributed by atoms with E-state index in [0.29, 0.717) is 5.75 Å². The number of rotatable bonds is 14. The molecule has 1 aromatic rings. The standard InChI is InChI=1S/C17H30O6P2S2/c1-6-20-24(18,21-7-2)17(26-10-5,25(19,22-8-3)23-9-4)27-16-14-12-11-13-15-16/h11-15H,6-10H2,1-5H3. The molecule has 0 bridgehead atoms. The first-order valence-electron chi connectivity index (χ1n) is 9.04. The molecule has 6 nitrogen and oxygen atoms in total. The average Bonchev–Trinajstić information content (AvgIpc) is 2.63. The van der Waals surface area contributed by atoms with Crippen molar-refractivity contribution in [2.24, 2.45) is 0 Å². The highest BCUT2D eigenvalue weighted by Gasteiger charge is 2.66. The lowest BCUT2D eigenvalue weighted by atomic mass is 10.4. The lowest BCUT2D eigenvalue weighted by molar-refractivity contribution is 0.200. The van der Waals surface area contributed by atoms with Crippen molar-refractivity contribution in [1.29, 1.82) is 0 Å². The molecule has 0 atom stereocenters. The highest BCUT2D eigenvalue weighted by atomic mass is 32.2. The Balaban J connectivity index is 3.71. The van der Waals surface area contributed by atoms with E-state index in [1.54, 1.807) is 27.7 Å². The third-order valence-electron chi connectivity index (χ3n) is 3.21. The fourth-order valence-electron chi connectivity index (χ4n) is 2.36. The minimum atomic E-state index is -3.91. The summed E-state index contributed by atoms with van der Waals surface area (Å²) in [6, 6.07) is 9.33. The average molecular weight is 457 g/mol. The number of benzene rings is 1. The third-order valence-corrected chi connectivity index (χ3v) is 14.5. The Morgan fingerprint density at radius 3 is 1.52 bits per heavy atom. The molecule has 0 aromatic heterocycles. The van der Waals surface area contributed by atoms with Crippen molar-refractivity contribution in [2.75, 3.05) is 32.2 Å². The monoisotopic (exact) mass is 456 g/mol. The molecule has 0 amide bonds. The summed E-state index contributed by atoms with van der Waals surface area (Å²) in [5, 5.41) is 0. The molecule has 0 fully saturated rings. The Morgan fingerprint density at radius 2 is 1.19 bits per heavy atom. The molecule has 0 unspecified atom stereocenters. The summed E-state index contributed by atoms with van der Waals surface area (Å²) < 4.78 is 49.1. The second-order valence-corrected chi connectivity index (χ2v) is 14.0. The van der Waals surface area contributed by atoms with Crippen LogP contribution in [0, 0.1) is 0 Å². The number of thioether (sulfide) groups is 2. The van der Waals surface area contributed by atoms with E-state index < -0.39 is 18.8 Å². The third kappa shape index (κ3) is 5.86. The molecule has 0 aliphatic heterocycles. The minimum absolute atomic E-state index is 0.150. The molecule has 0 heterocycles. The maximum Gasteiger partial charge on any atom is 0.369 e. The van der Waals surface area contributed by atoms with Crippen molar-refractivity contribution < 1.29 is 27.2 Å². The maximum absolute atomic E-state index is 14.0. The van der Waals surface area contributed by atoms with Gasteiger partial charge in [0.05, 0.1) is 26.4 Å². The summed E-state index contributed by atoms with van der Waals surface area (Å²) in [6.07, 6.45) is 0. The zero-order chi connectivity index (χ0) is 20.4. The fourth-order valence-corrected chi connectivity index (χ4v) is 13.1. The Morgan fingerprint density at radius 1 is 0.778 bits per heavy atom. The van der Waals surface area contributed by atoms with Crippen LogP contribution in [0.3, 0.4) is 0 Å². The van der Waals surface area contributed by atoms with Gasteiger partial charge in [0.1, 0.15) is 0 Å². The van der Waals surface area contributed by atoms with Crippen molar-refractivity contribution in [1.82, 2.24) is 0 Å². The van der Waals surface area contributed by atoms with E-state index in [1.807, 2.05) is 37.3 Å². The Labute approximate surface area is 171 Å². The largest absolute Gasteiger partial charge is 0.369 e. The molecule has 1 aromatic carbocycles. The van der Waals surface area contributed by atoms with Gasteiger partial charge in [-0.3, -0.25) is 9.13 Å². The Hall–Kier alpha value is 0.220. The highest BCUT2D eigenvalue weighted by Crippen LogP contribution is 2.86. The summed E-state index contributed by atoms with van der Waals surface area (Å²) >= 11 is 2.40. The summed E-state index contributed by atoms with van der Waals surface area (Å²) in [6.45, 7) is 9.41. The van der Waals surface area contributed by atoms with Gasteiger partial charge in [-0.25, -0.2) is 0 Å². The van der Waals surface area contributed by atoms with Crippen LogP contribution in [0.25, 0.3) is 0 Å². The zero-order valence-corrected chi connectivity index (χ0v) is 20.0. The molecule has 0 N–H and O–H groups in total. The molecular formula is C17H30O6P2S2. The molecule has 156 valence electrons. The van der Waals surface area contributed by atoms with Crippen LogP contribution < -0.4 is 0 Å². The van der Waals surface area contributed by atoms with Crippen LogP contribution >= 0.6 is 38.7 Å². The second kappa shape index (κ2) is 12.0. The normalized spacial score (nSPS) is 13.1. The quantitative estimate of drug-likeness (QED) is 0.174. The molecular weight excluding hydrogens is 426 g/mol. The van der Waals surface area contributed by atoms with Gasteiger partial charge in [-0.2, -0.15) is 0 Å². The van der Waals surface area contributed by atoms with Gasteiger partial charge in [-0.15, -0.1) is 11.8 Å². The van der Waals surface area contributed by atoms with E-state index in [-0.39, 0.29) is 26.4 Å². The van der Waals surface area contributed by atoms with E-state index >= 15 is 0 Å². The maximum atomic E-state index is 14.0. The van der Waals surface area contributed by atoms with E-state index in [2.05, 4.69) is 0 Å². The Kier molecular flexibility index (Phi) is 11.3. The van der Waals surface area contributed by atoms with Gasteiger partial charge in [0.15, 0.2) is 0 Å². The summed E-state index contributed by atoms with van der Waals surface area (Å²) in [7, 11) is -7.82. The fraction of sp³-hybridized carbons (Fsp3) is 0.647. The molecule has 0 saturated carbocycles. The second-order valence-electron chi connectivity index (χ2n) is 5.06. The van der Waals surface area contributed by atoms with E-state index in [0.717, 1.165) is 4.90 Å². The van der Waals surface area contributed by atoms with Crippen molar-refractivity contribution in [3.05, 3.63) is 30.3 Å². The molecule has 0 saturated heterocycles. The molecule has 27 heavy (non-hydrogen) atoms. The smallest absolute Gasteiger partial charge is 0.307 e. The van der Waals surface area contributed by atoms with Crippen molar-refractivity contribution in [3.8, 4) is 0 Å². The first-order valence-corrected chi connectivity index (χ1v) is 13.9. The number of hydrogen-bond acceptors (Lipinski definition) is 8. The lowest BCUT2D eigenvalue weighted by Crippen LogP contribution is -2.27. The summed E-state index contributed by atoms with van der Waals surface area (Å²) in [5.74, 6) is 0.522. The van der Waals surface area contributed by atoms with Crippen LogP contribution in [0.2, 0.25) is 0 Å². The first-order chi connectivity index (χ1) is 12.9. The van der Waals surface area contributed by atoms with Gasteiger partial charge >= 0.3 is 15.2 Å². The lowest BCUT2D eigenvalue weighted by Gasteiger charge is -2.40. The molecule has 0 aliphatic rings. The predicted octanol–water partition coefficient (Wildman–Crippen LogP) is 6.68. The van der Waals surface area contributed by atoms with Gasteiger partial charge in [-0.1, -0.05) is 36.9 Å². The minimum Gasteiger partial charge on any atom is -0.307 e. The summed E-state index contributed by atoms with van der Waals surface area (Å²) in [5.41, 5.74) is 0.